The number of aliphatic hydroxyl groups excluding tert-OH is 1. The second kappa shape index (κ2) is 9.03. The maximum atomic E-state index is 14.2. The van der Waals surface area contributed by atoms with Gasteiger partial charge in [-0.15, -0.1) is 0 Å². The van der Waals surface area contributed by atoms with E-state index in [1.54, 1.807) is 12.3 Å². The topological polar surface area (TPSA) is 123 Å². The van der Waals surface area contributed by atoms with E-state index < -0.39 is 35.3 Å². The lowest BCUT2D eigenvalue weighted by atomic mass is 9.88. The van der Waals surface area contributed by atoms with Gasteiger partial charge in [0, 0.05) is 24.1 Å². The first kappa shape index (κ1) is 22.3. The van der Waals surface area contributed by atoms with E-state index in [-0.39, 0.29) is 29.2 Å². The Labute approximate surface area is 194 Å². The molecule has 10 heteroatoms. The predicted octanol–water partition coefficient (Wildman–Crippen LogP) is 3.64. The van der Waals surface area contributed by atoms with Crippen LogP contribution in [-0.4, -0.2) is 38.2 Å². The van der Waals surface area contributed by atoms with Crippen LogP contribution in [0.4, 0.5) is 20.2 Å². The van der Waals surface area contributed by atoms with Crippen molar-refractivity contribution in [3.05, 3.63) is 65.7 Å². The maximum Gasteiger partial charge on any atom is 0.276 e. The Hall–Kier alpha value is -3.50. The van der Waals surface area contributed by atoms with Crippen LogP contribution in [0.1, 0.15) is 47.8 Å². The summed E-state index contributed by atoms with van der Waals surface area (Å²) in [6.45, 7) is 0. The molecule has 8 nitrogen and oxygen atoms in total. The van der Waals surface area contributed by atoms with Crippen LogP contribution >= 0.6 is 0 Å². The summed E-state index contributed by atoms with van der Waals surface area (Å²) in [4.78, 5) is 25.1. The minimum absolute atomic E-state index is 0.0267. The van der Waals surface area contributed by atoms with Crippen LogP contribution in [0.25, 0.3) is 11.4 Å². The van der Waals surface area contributed by atoms with Crippen molar-refractivity contribution in [2.45, 2.75) is 44.0 Å². The van der Waals surface area contributed by atoms with Crippen molar-refractivity contribution in [2.24, 2.45) is 5.92 Å². The molecule has 2 fully saturated rings. The van der Waals surface area contributed by atoms with Crippen molar-refractivity contribution >= 4 is 17.3 Å². The molecule has 1 saturated heterocycles. The van der Waals surface area contributed by atoms with E-state index in [2.05, 4.69) is 20.3 Å². The molecule has 2 aromatic heterocycles. The molecule has 2 aliphatic rings. The fraction of sp³-hybridized carbons (Fsp3) is 0.333. The minimum Gasteiger partial charge on any atom is -0.396 e. The average Bonchev–Trinajstić information content (AvgIpc) is 3.30. The van der Waals surface area contributed by atoms with Crippen LogP contribution in [0.3, 0.4) is 0 Å². The monoisotopic (exact) mass is 467 g/mol. The lowest BCUT2D eigenvalue weighted by molar-refractivity contribution is -0.125. The van der Waals surface area contributed by atoms with Crippen molar-refractivity contribution in [3.63, 3.8) is 0 Å². The highest BCUT2D eigenvalue weighted by atomic mass is 19.1. The number of nitrogen functional groups attached to an aromatic ring is 1. The number of ether oxygens (including phenoxy) is 1. The van der Waals surface area contributed by atoms with Gasteiger partial charge in [0.25, 0.3) is 5.91 Å². The van der Waals surface area contributed by atoms with Crippen molar-refractivity contribution in [2.75, 3.05) is 11.1 Å². The molecular weight excluding hydrogens is 444 g/mol. The molecule has 1 aromatic carbocycles. The number of aliphatic hydroxyl groups is 1. The number of nitrogens with two attached hydrogens (primary N) is 1. The first-order chi connectivity index (χ1) is 16.4. The number of benzene rings is 1. The number of pyridine rings is 1. The number of carbonyl (C=O) groups is 1. The molecule has 176 valence electrons. The Bertz CT molecular complexity index is 1220. The molecule has 0 spiro atoms. The van der Waals surface area contributed by atoms with E-state index >= 15 is 0 Å². The number of amides is 1. The van der Waals surface area contributed by atoms with E-state index in [9.17, 15) is 18.7 Å². The SMILES string of the molecule is Nc1cnc(-c2c(F)cccc2F)nc1C(=O)Nc1cnccc1[C@H]1C[C@@H](O)[C@H]2CCC[C@H]2O1. The first-order valence-electron chi connectivity index (χ1n) is 11.1. The smallest absolute Gasteiger partial charge is 0.276 e. The summed E-state index contributed by atoms with van der Waals surface area (Å²) in [6.07, 6.45) is 6.50. The molecule has 1 amide bonds. The third-order valence-electron chi connectivity index (χ3n) is 6.46. The van der Waals surface area contributed by atoms with Crippen LogP contribution in [0.5, 0.6) is 0 Å². The van der Waals surface area contributed by atoms with E-state index in [0.717, 1.165) is 37.6 Å². The number of aromatic nitrogens is 3. The van der Waals surface area contributed by atoms with Gasteiger partial charge in [-0.2, -0.15) is 0 Å². The number of hydrogen-bond donors (Lipinski definition) is 3. The zero-order valence-electron chi connectivity index (χ0n) is 18.1. The van der Waals surface area contributed by atoms with E-state index in [1.807, 2.05) is 0 Å². The molecule has 0 bridgehead atoms. The summed E-state index contributed by atoms with van der Waals surface area (Å²) in [5.41, 5.74) is 6.21. The number of anilines is 2. The number of nitrogens with zero attached hydrogens (tertiary/aromatic N) is 3. The van der Waals surface area contributed by atoms with Crippen LogP contribution < -0.4 is 11.1 Å². The van der Waals surface area contributed by atoms with Crippen LogP contribution in [0.15, 0.2) is 42.9 Å². The van der Waals surface area contributed by atoms with Crippen LogP contribution in [-0.2, 0) is 4.74 Å². The van der Waals surface area contributed by atoms with Crippen molar-refractivity contribution in [1.29, 1.82) is 0 Å². The fourth-order valence-corrected chi connectivity index (χ4v) is 4.80. The molecule has 1 saturated carbocycles. The lowest BCUT2D eigenvalue weighted by Crippen LogP contribution is -2.38. The van der Waals surface area contributed by atoms with Gasteiger partial charge < -0.3 is 20.9 Å². The largest absolute Gasteiger partial charge is 0.396 e. The Morgan fingerprint density at radius 1 is 1.18 bits per heavy atom. The summed E-state index contributed by atoms with van der Waals surface area (Å²) in [6, 6.07) is 5.10. The zero-order valence-corrected chi connectivity index (χ0v) is 18.1. The first-order valence-corrected chi connectivity index (χ1v) is 11.1. The highest BCUT2D eigenvalue weighted by molar-refractivity contribution is 6.06. The second-order valence-corrected chi connectivity index (χ2v) is 8.57. The fourth-order valence-electron chi connectivity index (χ4n) is 4.80. The lowest BCUT2D eigenvalue weighted by Gasteiger charge is -2.37. The normalized spacial score (nSPS) is 24.0. The Balaban J connectivity index is 1.43. The Kier molecular flexibility index (Phi) is 5.93. The third-order valence-corrected chi connectivity index (χ3v) is 6.46. The van der Waals surface area contributed by atoms with Gasteiger partial charge in [-0.25, -0.2) is 18.7 Å². The predicted molar refractivity (Wildman–Crippen MR) is 120 cm³/mol. The van der Waals surface area contributed by atoms with Gasteiger partial charge in [-0.3, -0.25) is 9.78 Å². The third kappa shape index (κ3) is 4.10. The molecule has 0 unspecified atom stereocenters. The molecule has 3 aromatic rings. The number of rotatable bonds is 4. The zero-order chi connectivity index (χ0) is 23.8. The molecule has 3 heterocycles. The van der Waals surface area contributed by atoms with Crippen LogP contribution in [0, 0.1) is 17.6 Å². The van der Waals surface area contributed by atoms with Gasteiger partial charge in [-0.1, -0.05) is 12.5 Å². The van der Waals surface area contributed by atoms with Crippen molar-refractivity contribution in [1.82, 2.24) is 15.0 Å². The Morgan fingerprint density at radius 3 is 2.76 bits per heavy atom. The van der Waals surface area contributed by atoms with Gasteiger partial charge in [0.2, 0.25) is 0 Å². The number of carbonyl (C=O) groups excluding carboxylic acids is 1. The summed E-state index contributed by atoms with van der Waals surface area (Å²) >= 11 is 0. The molecule has 34 heavy (non-hydrogen) atoms. The minimum atomic E-state index is -0.858. The van der Waals surface area contributed by atoms with Gasteiger partial charge in [0.05, 0.1) is 47.6 Å². The summed E-state index contributed by atoms with van der Waals surface area (Å²) in [7, 11) is 0. The number of halogens is 2. The van der Waals surface area contributed by atoms with Crippen molar-refractivity contribution in [3.8, 4) is 11.4 Å². The highest BCUT2D eigenvalue weighted by Crippen LogP contribution is 2.43. The number of nitrogens with one attached hydrogen (secondary N) is 1. The highest BCUT2D eigenvalue weighted by Gasteiger charge is 2.41. The van der Waals surface area contributed by atoms with E-state index in [1.165, 1.54) is 12.3 Å². The molecular formula is C24H23F2N5O3. The Morgan fingerprint density at radius 2 is 1.97 bits per heavy atom. The van der Waals surface area contributed by atoms with Crippen molar-refractivity contribution < 1.29 is 23.4 Å². The molecule has 0 radical (unpaired) electrons. The number of hydrogen-bond acceptors (Lipinski definition) is 7. The van der Waals surface area contributed by atoms with Crippen LogP contribution in [0.2, 0.25) is 0 Å². The average molecular weight is 467 g/mol. The summed E-state index contributed by atoms with van der Waals surface area (Å²) < 4.78 is 34.7. The summed E-state index contributed by atoms with van der Waals surface area (Å²) in [5.74, 6) is -2.57. The number of fused-ring (bicyclic) bond motifs is 1. The summed E-state index contributed by atoms with van der Waals surface area (Å²) in [5, 5.41) is 13.3. The molecule has 1 aliphatic heterocycles. The quantitative estimate of drug-likeness (QED) is 0.535. The van der Waals surface area contributed by atoms with Gasteiger partial charge in [0.15, 0.2) is 11.5 Å². The molecule has 5 rings (SSSR count). The van der Waals surface area contributed by atoms with E-state index in [4.69, 9.17) is 10.5 Å². The van der Waals surface area contributed by atoms with Gasteiger partial charge in [0.1, 0.15) is 11.6 Å². The van der Waals surface area contributed by atoms with Gasteiger partial charge >= 0.3 is 0 Å². The van der Waals surface area contributed by atoms with E-state index in [0.29, 0.717) is 17.7 Å². The van der Waals surface area contributed by atoms with Gasteiger partial charge in [-0.05, 0) is 31.0 Å². The molecule has 4 atom stereocenters. The molecule has 4 N–H and O–H groups in total. The standard InChI is InChI=1S/C24H23F2N5O3/c25-14-4-2-5-15(26)21(14)23-29-10-16(27)22(31-23)24(33)30-17-11-28-8-7-12(17)20-9-18(32)13-3-1-6-19(13)34-20/h2,4-5,7-8,10-11,13,18-20,32H,1,3,6,9,27H2,(H,30,33)/t13-,18-,19-,20-/m1/s1. The second-order valence-electron chi connectivity index (χ2n) is 8.57. The maximum absolute atomic E-state index is 14.2. The molecule has 1 aliphatic carbocycles.